The highest BCUT2D eigenvalue weighted by Crippen LogP contribution is 2.17. The van der Waals surface area contributed by atoms with Gasteiger partial charge in [0.15, 0.2) is 0 Å². The molecule has 14 heavy (non-hydrogen) atoms. The van der Waals surface area contributed by atoms with E-state index in [1.807, 2.05) is 0 Å². The van der Waals surface area contributed by atoms with Gasteiger partial charge in [-0.25, -0.2) is 0 Å². The lowest BCUT2D eigenvalue weighted by atomic mass is 9.92. The first-order chi connectivity index (χ1) is 6.58. The Balaban J connectivity index is 4.14. The molecule has 0 aliphatic heterocycles. The second kappa shape index (κ2) is 6.82. The minimum Gasteiger partial charge on any atom is -0.469 e. The van der Waals surface area contributed by atoms with Crippen LogP contribution in [0.3, 0.4) is 0 Å². The van der Waals surface area contributed by atoms with Gasteiger partial charge in [0, 0.05) is 5.54 Å². The quantitative estimate of drug-likeness (QED) is 0.641. The van der Waals surface area contributed by atoms with Crippen molar-refractivity contribution < 1.29 is 9.53 Å². The van der Waals surface area contributed by atoms with Crippen LogP contribution in [-0.4, -0.2) is 25.2 Å². The molecule has 0 aromatic heterocycles. The maximum atomic E-state index is 11.2. The van der Waals surface area contributed by atoms with Gasteiger partial charge in [0.1, 0.15) is 0 Å². The summed E-state index contributed by atoms with van der Waals surface area (Å²) in [5.41, 5.74) is -0.0994. The van der Waals surface area contributed by atoms with E-state index in [-0.39, 0.29) is 11.5 Å². The number of rotatable bonds is 7. The van der Waals surface area contributed by atoms with E-state index in [1.54, 1.807) is 0 Å². The highest BCUT2D eigenvalue weighted by molar-refractivity contribution is 5.70. The van der Waals surface area contributed by atoms with Crippen LogP contribution in [-0.2, 0) is 9.53 Å². The van der Waals surface area contributed by atoms with Gasteiger partial charge >= 0.3 is 5.97 Å². The van der Waals surface area contributed by atoms with Crippen LogP contribution in [0, 0.1) is 0 Å². The van der Waals surface area contributed by atoms with Gasteiger partial charge in [-0.1, -0.05) is 20.3 Å². The van der Waals surface area contributed by atoms with Crippen molar-refractivity contribution in [2.24, 2.45) is 0 Å². The summed E-state index contributed by atoms with van der Waals surface area (Å²) in [7, 11) is 1.44. The molecule has 0 spiro atoms. The van der Waals surface area contributed by atoms with Gasteiger partial charge in [-0.15, -0.1) is 0 Å². The lowest BCUT2D eigenvalue weighted by Crippen LogP contribution is -2.44. The minimum absolute atomic E-state index is 0.0994. The molecule has 3 heteroatoms. The van der Waals surface area contributed by atoms with Crippen LogP contribution < -0.4 is 5.32 Å². The molecular weight excluding hydrogens is 178 g/mol. The van der Waals surface area contributed by atoms with E-state index in [9.17, 15) is 4.79 Å². The van der Waals surface area contributed by atoms with E-state index < -0.39 is 0 Å². The lowest BCUT2D eigenvalue weighted by molar-refractivity contribution is -0.142. The van der Waals surface area contributed by atoms with Crippen LogP contribution >= 0.6 is 0 Å². The minimum atomic E-state index is -0.135. The Morgan fingerprint density at radius 2 is 2.00 bits per heavy atom. The summed E-state index contributed by atoms with van der Waals surface area (Å²) in [4.78, 5) is 11.2. The van der Waals surface area contributed by atoms with Crippen molar-refractivity contribution in [2.45, 2.75) is 52.0 Å². The molecule has 0 amide bonds. The molecule has 84 valence electrons. The van der Waals surface area contributed by atoms with E-state index in [0.29, 0.717) is 6.42 Å². The number of hydrogen-bond acceptors (Lipinski definition) is 3. The van der Waals surface area contributed by atoms with Crippen LogP contribution in [0.5, 0.6) is 0 Å². The zero-order valence-electron chi connectivity index (χ0n) is 9.85. The summed E-state index contributed by atoms with van der Waals surface area (Å²) in [5.74, 6) is -0.135. The van der Waals surface area contributed by atoms with Gasteiger partial charge in [0.25, 0.3) is 0 Å². The highest BCUT2D eigenvalue weighted by Gasteiger charge is 2.25. The number of hydrogen-bond donors (Lipinski definition) is 1. The second-order valence-electron chi connectivity index (χ2n) is 3.99. The molecule has 0 aliphatic carbocycles. The van der Waals surface area contributed by atoms with E-state index >= 15 is 0 Å². The third-order valence-electron chi connectivity index (χ3n) is 2.37. The summed E-state index contributed by atoms with van der Waals surface area (Å²) in [5, 5.41) is 3.41. The molecule has 0 rings (SSSR count). The van der Waals surface area contributed by atoms with Gasteiger partial charge in [-0.05, 0) is 26.3 Å². The fraction of sp³-hybridized carbons (Fsp3) is 0.909. The molecular formula is C11H23NO2. The van der Waals surface area contributed by atoms with Crippen molar-refractivity contribution in [3.8, 4) is 0 Å². The summed E-state index contributed by atoms with van der Waals surface area (Å²) >= 11 is 0. The van der Waals surface area contributed by atoms with E-state index in [4.69, 9.17) is 4.74 Å². The molecule has 3 nitrogen and oxygen atoms in total. The summed E-state index contributed by atoms with van der Waals surface area (Å²) in [6, 6.07) is 0. The molecule has 0 heterocycles. The monoisotopic (exact) mass is 201 g/mol. The summed E-state index contributed by atoms with van der Waals surface area (Å²) in [6.45, 7) is 7.29. The van der Waals surface area contributed by atoms with Crippen molar-refractivity contribution >= 4 is 5.97 Å². The van der Waals surface area contributed by atoms with Crippen LogP contribution in [0.25, 0.3) is 0 Å². The predicted octanol–water partition coefficient (Wildman–Crippen LogP) is 2.11. The van der Waals surface area contributed by atoms with Crippen molar-refractivity contribution in [3.63, 3.8) is 0 Å². The van der Waals surface area contributed by atoms with Gasteiger partial charge < -0.3 is 10.1 Å². The predicted molar refractivity (Wildman–Crippen MR) is 58.2 cm³/mol. The molecule has 0 saturated heterocycles. The van der Waals surface area contributed by atoms with Crippen molar-refractivity contribution in [1.82, 2.24) is 5.32 Å². The van der Waals surface area contributed by atoms with Gasteiger partial charge in [-0.3, -0.25) is 4.79 Å². The van der Waals surface area contributed by atoms with Crippen molar-refractivity contribution in [1.29, 1.82) is 0 Å². The SMILES string of the molecule is CCCNC(C)(CCC)CC(=O)OC. The molecule has 0 radical (unpaired) electrons. The normalized spacial score (nSPS) is 14.9. The van der Waals surface area contributed by atoms with Crippen LogP contribution in [0.4, 0.5) is 0 Å². The molecule has 1 N–H and O–H groups in total. The highest BCUT2D eigenvalue weighted by atomic mass is 16.5. The zero-order valence-corrected chi connectivity index (χ0v) is 9.85. The molecule has 1 unspecified atom stereocenters. The smallest absolute Gasteiger partial charge is 0.307 e. The number of carbonyl (C=O) groups is 1. The fourth-order valence-electron chi connectivity index (χ4n) is 1.61. The molecule has 0 bridgehead atoms. The van der Waals surface area contributed by atoms with Crippen LogP contribution in [0.1, 0.15) is 46.5 Å². The number of nitrogens with one attached hydrogen (secondary N) is 1. The number of esters is 1. The Labute approximate surface area is 87.2 Å². The molecule has 0 aliphatic rings. The maximum Gasteiger partial charge on any atom is 0.307 e. The lowest BCUT2D eigenvalue weighted by Gasteiger charge is -2.29. The maximum absolute atomic E-state index is 11.2. The molecule has 0 aromatic carbocycles. The van der Waals surface area contributed by atoms with Gasteiger partial charge in [-0.2, -0.15) is 0 Å². The van der Waals surface area contributed by atoms with Crippen molar-refractivity contribution in [2.75, 3.05) is 13.7 Å². The number of methoxy groups -OCH3 is 1. The molecule has 0 saturated carbocycles. The third-order valence-corrected chi connectivity index (χ3v) is 2.37. The summed E-state index contributed by atoms with van der Waals surface area (Å²) < 4.78 is 4.69. The first kappa shape index (κ1) is 13.4. The fourth-order valence-corrected chi connectivity index (χ4v) is 1.61. The Bertz CT molecular complexity index is 171. The Morgan fingerprint density at radius 3 is 2.43 bits per heavy atom. The number of carbonyl (C=O) groups excluding carboxylic acids is 1. The number of ether oxygens (including phenoxy) is 1. The van der Waals surface area contributed by atoms with Crippen LogP contribution in [0.15, 0.2) is 0 Å². The topological polar surface area (TPSA) is 38.3 Å². The third kappa shape index (κ3) is 5.22. The largest absolute Gasteiger partial charge is 0.469 e. The van der Waals surface area contributed by atoms with Gasteiger partial charge in [0.05, 0.1) is 13.5 Å². The first-order valence-electron chi connectivity index (χ1n) is 5.39. The Hall–Kier alpha value is -0.570. The Morgan fingerprint density at radius 1 is 1.36 bits per heavy atom. The van der Waals surface area contributed by atoms with Gasteiger partial charge in [0.2, 0.25) is 0 Å². The Kier molecular flexibility index (Phi) is 6.54. The average molecular weight is 201 g/mol. The molecule has 0 fully saturated rings. The van der Waals surface area contributed by atoms with Crippen LogP contribution in [0.2, 0.25) is 0 Å². The van der Waals surface area contributed by atoms with Crippen molar-refractivity contribution in [3.05, 3.63) is 0 Å². The molecule has 1 atom stereocenters. The van der Waals surface area contributed by atoms with E-state index in [2.05, 4.69) is 26.1 Å². The average Bonchev–Trinajstić information content (AvgIpc) is 2.15. The second-order valence-corrected chi connectivity index (χ2v) is 3.99. The standard InChI is InChI=1S/C11H23NO2/c1-5-7-11(3,12-8-6-2)9-10(13)14-4/h12H,5-9H2,1-4H3. The summed E-state index contributed by atoms with van der Waals surface area (Å²) in [6.07, 6.45) is 3.62. The van der Waals surface area contributed by atoms with E-state index in [1.165, 1.54) is 7.11 Å². The zero-order chi connectivity index (χ0) is 11.0. The first-order valence-corrected chi connectivity index (χ1v) is 5.39. The molecule has 0 aromatic rings. The van der Waals surface area contributed by atoms with E-state index in [0.717, 1.165) is 25.8 Å².